The molecule has 28 heavy (non-hydrogen) atoms. The number of carbonyl (C=O) groups is 4. The Morgan fingerprint density at radius 2 is 1.86 bits per heavy atom. The second-order valence-corrected chi connectivity index (χ2v) is 8.75. The van der Waals surface area contributed by atoms with Crippen LogP contribution in [0, 0.1) is 11.3 Å². The molecule has 1 aliphatic heterocycles. The van der Waals surface area contributed by atoms with Gasteiger partial charge in [-0.15, -0.1) is 0 Å². The highest BCUT2D eigenvalue weighted by Crippen LogP contribution is 2.46. The summed E-state index contributed by atoms with van der Waals surface area (Å²) in [4.78, 5) is 49.9. The smallest absolute Gasteiger partial charge is 0.325 e. The molecule has 4 N–H and O–H groups in total. The third-order valence-corrected chi connectivity index (χ3v) is 5.38. The van der Waals surface area contributed by atoms with Crippen LogP contribution >= 0.6 is 0 Å². The fourth-order valence-corrected chi connectivity index (χ4v) is 4.71. The van der Waals surface area contributed by atoms with Crippen molar-refractivity contribution in [2.45, 2.75) is 45.6 Å². The fourth-order valence-electron chi connectivity index (χ4n) is 4.71. The molecular formula is C20H26N4O4. The zero-order valence-corrected chi connectivity index (χ0v) is 16.4. The third kappa shape index (κ3) is 3.85. The van der Waals surface area contributed by atoms with E-state index in [1.807, 2.05) is 0 Å². The zero-order chi connectivity index (χ0) is 20.7. The minimum atomic E-state index is -0.929. The molecule has 150 valence electrons. The van der Waals surface area contributed by atoms with Gasteiger partial charge in [0, 0.05) is 11.3 Å². The van der Waals surface area contributed by atoms with Gasteiger partial charge in [-0.05, 0) is 54.9 Å². The number of anilines is 1. The van der Waals surface area contributed by atoms with Crippen molar-refractivity contribution in [1.29, 1.82) is 0 Å². The van der Waals surface area contributed by atoms with Gasteiger partial charge in [0.25, 0.3) is 5.91 Å². The molecule has 2 fully saturated rings. The summed E-state index contributed by atoms with van der Waals surface area (Å²) < 4.78 is 0. The monoisotopic (exact) mass is 386 g/mol. The van der Waals surface area contributed by atoms with E-state index < -0.39 is 23.4 Å². The Morgan fingerprint density at radius 1 is 1.21 bits per heavy atom. The zero-order valence-electron chi connectivity index (χ0n) is 16.4. The van der Waals surface area contributed by atoms with Crippen LogP contribution in [-0.2, 0) is 9.59 Å². The van der Waals surface area contributed by atoms with Crippen LogP contribution in [0.5, 0.6) is 0 Å². The molecule has 1 saturated heterocycles. The summed E-state index contributed by atoms with van der Waals surface area (Å²) in [6.45, 7) is 5.90. The summed E-state index contributed by atoms with van der Waals surface area (Å²) in [7, 11) is 0. The van der Waals surface area contributed by atoms with E-state index in [0.29, 0.717) is 30.0 Å². The predicted octanol–water partition coefficient (Wildman–Crippen LogP) is 1.86. The number of benzene rings is 1. The molecule has 0 aromatic heterocycles. The van der Waals surface area contributed by atoms with Crippen LogP contribution in [0.2, 0.25) is 0 Å². The summed E-state index contributed by atoms with van der Waals surface area (Å²) in [6.07, 6.45) is 2.12. The average Bonchev–Trinajstić information content (AvgIpc) is 2.77. The highest BCUT2D eigenvalue weighted by molar-refractivity contribution is 6.10. The number of hydrogen-bond acceptors (Lipinski definition) is 4. The van der Waals surface area contributed by atoms with E-state index in [1.165, 1.54) is 24.3 Å². The highest BCUT2D eigenvalue weighted by Gasteiger charge is 2.56. The van der Waals surface area contributed by atoms with Gasteiger partial charge in [-0.3, -0.25) is 19.3 Å². The Kier molecular flexibility index (Phi) is 4.91. The van der Waals surface area contributed by atoms with Gasteiger partial charge in [-0.25, -0.2) is 4.79 Å². The first-order valence-corrected chi connectivity index (χ1v) is 9.35. The van der Waals surface area contributed by atoms with E-state index in [2.05, 4.69) is 31.4 Å². The molecule has 1 aliphatic carbocycles. The van der Waals surface area contributed by atoms with Crippen molar-refractivity contribution in [3.05, 3.63) is 29.8 Å². The Balaban J connectivity index is 1.68. The number of imide groups is 1. The average molecular weight is 386 g/mol. The molecule has 1 aromatic carbocycles. The number of rotatable bonds is 4. The molecule has 0 unspecified atom stereocenters. The van der Waals surface area contributed by atoms with Crippen LogP contribution in [0.4, 0.5) is 10.5 Å². The molecule has 1 heterocycles. The molecule has 8 heteroatoms. The van der Waals surface area contributed by atoms with Crippen molar-refractivity contribution >= 4 is 29.4 Å². The lowest BCUT2D eigenvalue weighted by Crippen LogP contribution is -2.54. The van der Waals surface area contributed by atoms with Crippen molar-refractivity contribution in [2.24, 2.45) is 17.1 Å². The molecule has 2 aliphatic rings. The van der Waals surface area contributed by atoms with Crippen molar-refractivity contribution < 1.29 is 19.2 Å². The molecule has 0 radical (unpaired) electrons. The molecular weight excluding hydrogens is 360 g/mol. The summed E-state index contributed by atoms with van der Waals surface area (Å²) in [5.41, 5.74) is 4.96. The number of nitrogens with two attached hydrogens (primary N) is 1. The first kappa shape index (κ1) is 19.9. The van der Waals surface area contributed by atoms with Gasteiger partial charge < -0.3 is 16.4 Å². The van der Waals surface area contributed by atoms with Crippen LogP contribution in [0.25, 0.3) is 0 Å². The normalized spacial score (nSPS) is 26.2. The standard InChI is InChI=1S/C20H26N4O4/c1-12-8-19(2,3)11-20(9-12)17(27)24(18(28)23-20)10-15(25)22-14-6-4-13(5-7-14)16(21)26/h4-7,12H,8-11H2,1-3H3,(H2,21,26)(H,22,25)(H,23,28)/t12-,20+/m0/s1. The molecule has 3 rings (SSSR count). The summed E-state index contributed by atoms with van der Waals surface area (Å²) in [6, 6.07) is 5.53. The topological polar surface area (TPSA) is 122 Å². The van der Waals surface area contributed by atoms with E-state index in [4.69, 9.17) is 5.73 Å². The van der Waals surface area contributed by atoms with Gasteiger partial charge in [-0.1, -0.05) is 20.8 Å². The second kappa shape index (κ2) is 6.92. The van der Waals surface area contributed by atoms with Gasteiger partial charge in [0.1, 0.15) is 12.1 Å². The SMILES string of the molecule is C[C@H]1CC(C)(C)C[C@@]2(C1)NC(=O)N(CC(=O)Nc1ccc(C(N)=O)cc1)C2=O. The first-order chi connectivity index (χ1) is 13.0. The number of primary amides is 1. The molecule has 8 nitrogen and oxygen atoms in total. The van der Waals surface area contributed by atoms with Crippen LogP contribution < -0.4 is 16.4 Å². The molecule has 1 saturated carbocycles. The van der Waals surface area contributed by atoms with Crippen molar-refractivity contribution in [3.63, 3.8) is 0 Å². The van der Waals surface area contributed by atoms with E-state index in [1.54, 1.807) is 0 Å². The first-order valence-electron chi connectivity index (χ1n) is 9.35. The van der Waals surface area contributed by atoms with Gasteiger partial charge in [0.2, 0.25) is 11.8 Å². The Bertz CT molecular complexity index is 833. The number of carbonyl (C=O) groups excluding carboxylic acids is 4. The van der Waals surface area contributed by atoms with Gasteiger partial charge in [-0.2, -0.15) is 0 Å². The lowest BCUT2D eigenvalue weighted by molar-refractivity contribution is -0.136. The lowest BCUT2D eigenvalue weighted by Gasteiger charge is -2.43. The number of nitrogens with zero attached hydrogens (tertiary/aromatic N) is 1. The second-order valence-electron chi connectivity index (χ2n) is 8.75. The maximum Gasteiger partial charge on any atom is 0.325 e. The maximum absolute atomic E-state index is 13.0. The molecule has 5 amide bonds. The molecule has 1 spiro atoms. The summed E-state index contributed by atoms with van der Waals surface area (Å²) in [5, 5.41) is 5.48. The molecule has 0 bridgehead atoms. The fraction of sp³-hybridized carbons (Fsp3) is 0.500. The van der Waals surface area contributed by atoms with Crippen LogP contribution in [0.15, 0.2) is 24.3 Å². The van der Waals surface area contributed by atoms with Crippen LogP contribution in [-0.4, -0.2) is 40.7 Å². The molecule has 2 atom stereocenters. The van der Waals surface area contributed by atoms with E-state index >= 15 is 0 Å². The minimum absolute atomic E-state index is 0.0684. The number of nitrogens with one attached hydrogen (secondary N) is 2. The van der Waals surface area contributed by atoms with E-state index in [9.17, 15) is 19.2 Å². The largest absolute Gasteiger partial charge is 0.366 e. The van der Waals surface area contributed by atoms with Crippen molar-refractivity contribution in [2.75, 3.05) is 11.9 Å². The van der Waals surface area contributed by atoms with E-state index in [-0.39, 0.29) is 17.9 Å². The van der Waals surface area contributed by atoms with Gasteiger partial charge in [0.05, 0.1) is 0 Å². The molecule has 1 aromatic rings. The van der Waals surface area contributed by atoms with E-state index in [0.717, 1.165) is 11.3 Å². The van der Waals surface area contributed by atoms with Crippen molar-refractivity contribution in [3.8, 4) is 0 Å². The van der Waals surface area contributed by atoms with Crippen LogP contribution in [0.1, 0.15) is 50.4 Å². The highest BCUT2D eigenvalue weighted by atomic mass is 16.2. The number of urea groups is 1. The van der Waals surface area contributed by atoms with Crippen LogP contribution in [0.3, 0.4) is 0 Å². The maximum atomic E-state index is 13.0. The van der Waals surface area contributed by atoms with Crippen molar-refractivity contribution in [1.82, 2.24) is 10.2 Å². The third-order valence-electron chi connectivity index (χ3n) is 5.38. The summed E-state index contributed by atoms with van der Waals surface area (Å²) >= 11 is 0. The predicted molar refractivity (Wildman–Crippen MR) is 103 cm³/mol. The van der Waals surface area contributed by atoms with Gasteiger partial charge >= 0.3 is 6.03 Å². The Morgan fingerprint density at radius 3 is 2.43 bits per heavy atom. The minimum Gasteiger partial charge on any atom is -0.366 e. The number of hydrogen-bond donors (Lipinski definition) is 3. The van der Waals surface area contributed by atoms with Gasteiger partial charge in [0.15, 0.2) is 0 Å². The quantitative estimate of drug-likeness (QED) is 0.684. The number of amides is 5. The summed E-state index contributed by atoms with van der Waals surface area (Å²) in [5.74, 6) is -1.09. The Labute approximate surface area is 163 Å². The lowest BCUT2D eigenvalue weighted by atomic mass is 9.64. The Hall–Kier alpha value is -2.90.